The van der Waals surface area contributed by atoms with Crippen LogP contribution in [0.5, 0.6) is 5.75 Å². The Morgan fingerprint density at radius 1 is 1.14 bits per heavy atom. The van der Waals surface area contributed by atoms with E-state index < -0.39 is 15.9 Å². The maximum Gasteiger partial charge on any atom is 0.291 e. The first-order chi connectivity index (χ1) is 13.9. The number of furan rings is 1. The summed E-state index contributed by atoms with van der Waals surface area (Å²) in [7, 11) is -2.42. The number of benzene rings is 2. The van der Waals surface area contributed by atoms with E-state index in [1.54, 1.807) is 37.3 Å². The fourth-order valence-electron chi connectivity index (χ4n) is 2.78. The summed E-state index contributed by atoms with van der Waals surface area (Å²) in [4.78, 5) is 12.5. The molecular formula is C20H19BrN2O5S. The number of rotatable bonds is 7. The number of carbonyl (C=O) groups excluding carboxylic acids is 1. The van der Waals surface area contributed by atoms with Gasteiger partial charge in [-0.05, 0) is 65.3 Å². The SMILES string of the molecule is CCN(c1ccccc1)S(=O)(=O)c1ccc(OC)c(NC(=O)c2ccc(Br)o2)c1. The van der Waals surface area contributed by atoms with Crippen LogP contribution in [-0.2, 0) is 10.0 Å². The Morgan fingerprint density at radius 3 is 2.45 bits per heavy atom. The van der Waals surface area contributed by atoms with Crippen molar-refractivity contribution in [2.24, 2.45) is 0 Å². The molecule has 3 rings (SSSR count). The van der Waals surface area contributed by atoms with Crippen molar-refractivity contribution in [3.63, 3.8) is 0 Å². The molecule has 0 saturated carbocycles. The van der Waals surface area contributed by atoms with Gasteiger partial charge in [-0.25, -0.2) is 8.42 Å². The van der Waals surface area contributed by atoms with Gasteiger partial charge in [0, 0.05) is 6.54 Å². The predicted molar refractivity (Wildman–Crippen MR) is 114 cm³/mol. The molecule has 7 nitrogen and oxygen atoms in total. The summed E-state index contributed by atoms with van der Waals surface area (Å²) >= 11 is 3.14. The number of nitrogens with one attached hydrogen (secondary N) is 1. The van der Waals surface area contributed by atoms with Gasteiger partial charge in [-0.2, -0.15) is 0 Å². The normalized spacial score (nSPS) is 11.1. The van der Waals surface area contributed by atoms with Crippen LogP contribution >= 0.6 is 15.9 Å². The Hall–Kier alpha value is -2.78. The molecule has 1 heterocycles. The number of ether oxygens (including phenoxy) is 1. The molecule has 9 heteroatoms. The number of hydrogen-bond acceptors (Lipinski definition) is 5. The van der Waals surface area contributed by atoms with Crippen LogP contribution in [0.15, 0.2) is 74.6 Å². The minimum atomic E-state index is -3.85. The Bertz CT molecular complexity index is 1110. The molecule has 2 aromatic carbocycles. The molecule has 0 aliphatic carbocycles. The van der Waals surface area contributed by atoms with Gasteiger partial charge in [-0.1, -0.05) is 18.2 Å². The van der Waals surface area contributed by atoms with Crippen LogP contribution in [0, 0.1) is 0 Å². The maximum atomic E-state index is 13.2. The van der Waals surface area contributed by atoms with Gasteiger partial charge in [0.2, 0.25) is 0 Å². The van der Waals surface area contributed by atoms with Gasteiger partial charge in [0.05, 0.1) is 23.4 Å². The first-order valence-corrected chi connectivity index (χ1v) is 10.9. The Balaban J connectivity index is 1.98. The second kappa shape index (κ2) is 8.71. The molecular weight excluding hydrogens is 460 g/mol. The van der Waals surface area contributed by atoms with Gasteiger partial charge in [-0.15, -0.1) is 0 Å². The summed E-state index contributed by atoms with van der Waals surface area (Å²) < 4.78 is 38.7. The largest absolute Gasteiger partial charge is 0.495 e. The molecule has 1 aromatic heterocycles. The highest BCUT2D eigenvalue weighted by Gasteiger charge is 2.25. The second-order valence-corrected chi connectivity index (χ2v) is 8.57. The summed E-state index contributed by atoms with van der Waals surface area (Å²) in [6.07, 6.45) is 0. The number of methoxy groups -OCH3 is 1. The highest BCUT2D eigenvalue weighted by Crippen LogP contribution is 2.31. The Morgan fingerprint density at radius 2 is 1.86 bits per heavy atom. The van der Waals surface area contributed by atoms with E-state index in [0.29, 0.717) is 16.1 Å². The third kappa shape index (κ3) is 4.46. The lowest BCUT2D eigenvalue weighted by Gasteiger charge is -2.23. The summed E-state index contributed by atoms with van der Waals surface area (Å²) in [6, 6.07) is 16.2. The van der Waals surface area contributed by atoms with Gasteiger partial charge >= 0.3 is 0 Å². The van der Waals surface area contributed by atoms with Crippen LogP contribution in [0.1, 0.15) is 17.5 Å². The highest BCUT2D eigenvalue weighted by atomic mass is 79.9. The zero-order valence-electron chi connectivity index (χ0n) is 15.8. The van der Waals surface area contributed by atoms with Gasteiger partial charge in [0.1, 0.15) is 5.75 Å². The lowest BCUT2D eigenvalue weighted by Crippen LogP contribution is -2.30. The number of hydrogen-bond donors (Lipinski definition) is 1. The quantitative estimate of drug-likeness (QED) is 0.539. The average molecular weight is 479 g/mol. The number of nitrogens with zero attached hydrogens (tertiary/aromatic N) is 1. The third-order valence-electron chi connectivity index (χ3n) is 4.14. The topological polar surface area (TPSA) is 88.9 Å². The number of amides is 1. The summed E-state index contributed by atoms with van der Waals surface area (Å²) in [6.45, 7) is 2.01. The molecule has 3 aromatic rings. The summed E-state index contributed by atoms with van der Waals surface area (Å²) in [5.74, 6) is -0.128. The van der Waals surface area contributed by atoms with Crippen LogP contribution < -0.4 is 14.4 Å². The zero-order valence-corrected chi connectivity index (χ0v) is 18.2. The first kappa shape index (κ1) is 20.9. The zero-order chi connectivity index (χ0) is 21.0. The van der Waals surface area contributed by atoms with Crippen LogP contribution in [0.4, 0.5) is 11.4 Å². The third-order valence-corrected chi connectivity index (χ3v) is 6.46. The van der Waals surface area contributed by atoms with E-state index in [0.717, 1.165) is 0 Å². The van der Waals surface area contributed by atoms with Crippen molar-refractivity contribution < 1.29 is 22.4 Å². The number of halogens is 1. The van der Waals surface area contributed by atoms with E-state index in [1.807, 2.05) is 6.07 Å². The lowest BCUT2D eigenvalue weighted by atomic mass is 10.3. The first-order valence-electron chi connectivity index (χ1n) is 8.69. The van der Waals surface area contributed by atoms with Crippen molar-refractivity contribution in [1.82, 2.24) is 0 Å². The van der Waals surface area contributed by atoms with Gasteiger partial charge in [0.25, 0.3) is 15.9 Å². The van der Waals surface area contributed by atoms with E-state index in [4.69, 9.17) is 9.15 Å². The molecule has 1 N–H and O–H groups in total. The van der Waals surface area contributed by atoms with E-state index in [9.17, 15) is 13.2 Å². The van der Waals surface area contributed by atoms with Gasteiger partial charge in [0.15, 0.2) is 10.4 Å². The van der Waals surface area contributed by atoms with E-state index in [-0.39, 0.29) is 22.9 Å². The molecule has 0 saturated heterocycles. The minimum absolute atomic E-state index is 0.0277. The molecule has 0 aliphatic rings. The van der Waals surface area contributed by atoms with Crippen molar-refractivity contribution in [2.45, 2.75) is 11.8 Å². The molecule has 0 spiro atoms. The van der Waals surface area contributed by atoms with Crippen LogP contribution in [0.25, 0.3) is 0 Å². The molecule has 29 heavy (non-hydrogen) atoms. The van der Waals surface area contributed by atoms with E-state index in [1.165, 1.54) is 35.7 Å². The second-order valence-electron chi connectivity index (χ2n) is 5.93. The molecule has 0 radical (unpaired) electrons. The molecule has 0 fully saturated rings. The van der Waals surface area contributed by atoms with Crippen LogP contribution in [-0.4, -0.2) is 28.0 Å². The average Bonchev–Trinajstić information content (AvgIpc) is 3.15. The predicted octanol–water partition coefficient (Wildman–Crippen LogP) is 4.52. The number of para-hydroxylation sites is 1. The molecule has 0 bridgehead atoms. The van der Waals surface area contributed by atoms with Crippen LogP contribution in [0.3, 0.4) is 0 Å². The number of anilines is 2. The highest BCUT2D eigenvalue weighted by molar-refractivity contribution is 9.10. The van der Waals surface area contributed by atoms with Gasteiger partial charge in [-0.3, -0.25) is 9.10 Å². The van der Waals surface area contributed by atoms with Crippen molar-refractivity contribution in [2.75, 3.05) is 23.3 Å². The summed E-state index contributed by atoms with van der Waals surface area (Å²) in [5.41, 5.74) is 0.770. The standard InChI is InChI=1S/C20H19BrN2O5S/c1-3-23(14-7-5-4-6-8-14)29(25,26)15-9-10-17(27-2)16(13-15)22-20(24)18-11-12-19(21)28-18/h4-13H,3H2,1-2H3,(H,22,24). The van der Waals surface area contributed by atoms with E-state index in [2.05, 4.69) is 21.2 Å². The lowest BCUT2D eigenvalue weighted by molar-refractivity contribution is 0.0995. The molecule has 152 valence electrons. The fourth-order valence-corrected chi connectivity index (χ4v) is 4.59. The Kier molecular flexibility index (Phi) is 6.29. The van der Waals surface area contributed by atoms with Crippen LogP contribution in [0.2, 0.25) is 0 Å². The van der Waals surface area contributed by atoms with E-state index >= 15 is 0 Å². The minimum Gasteiger partial charge on any atom is -0.495 e. The van der Waals surface area contributed by atoms with Crippen molar-refractivity contribution >= 4 is 43.2 Å². The summed E-state index contributed by atoms with van der Waals surface area (Å²) in [5, 5.41) is 2.64. The van der Waals surface area contributed by atoms with Crippen molar-refractivity contribution in [3.8, 4) is 5.75 Å². The van der Waals surface area contributed by atoms with Crippen molar-refractivity contribution in [1.29, 1.82) is 0 Å². The van der Waals surface area contributed by atoms with Gasteiger partial charge < -0.3 is 14.5 Å². The molecule has 0 atom stereocenters. The number of carbonyl (C=O) groups is 1. The maximum absolute atomic E-state index is 13.2. The Labute approximate surface area is 177 Å². The fraction of sp³-hybridized carbons (Fsp3) is 0.150. The molecule has 1 amide bonds. The molecule has 0 unspecified atom stereocenters. The number of sulfonamides is 1. The molecule has 0 aliphatic heterocycles. The monoisotopic (exact) mass is 478 g/mol. The smallest absolute Gasteiger partial charge is 0.291 e. The van der Waals surface area contributed by atoms with Crippen molar-refractivity contribution in [3.05, 3.63) is 71.1 Å².